The standard InChI is InChI=1S/C19H25N3O5S2/c1-22-15(12-14(21-29(22,24)25)18-5-4-10-28-18)19(23)20-9-8-13-6-7-16(26-2)17(11-13)27-3/h4-7,10-11,14-15,21H,8-9,12H2,1-3H3,(H,20,23)/t14-,15+/m0/s1. The van der Waals surface area contributed by atoms with Crippen LogP contribution in [-0.2, 0) is 21.4 Å². The lowest BCUT2D eigenvalue weighted by atomic mass is 10.1. The zero-order valence-electron chi connectivity index (χ0n) is 16.5. The van der Waals surface area contributed by atoms with Gasteiger partial charge in [0.25, 0.3) is 10.2 Å². The summed E-state index contributed by atoms with van der Waals surface area (Å²) in [5.41, 5.74) is 0.977. The third-order valence-electron chi connectivity index (χ3n) is 4.92. The van der Waals surface area contributed by atoms with Gasteiger partial charge < -0.3 is 14.8 Å². The summed E-state index contributed by atoms with van der Waals surface area (Å²) in [5.74, 6) is 0.959. The molecule has 1 aliphatic rings. The molecule has 2 heterocycles. The Morgan fingerprint density at radius 2 is 2.03 bits per heavy atom. The first kappa shape index (κ1) is 21.6. The van der Waals surface area contributed by atoms with Crippen LogP contribution in [-0.4, -0.2) is 52.5 Å². The second-order valence-corrected chi connectivity index (χ2v) is 9.43. The quantitative estimate of drug-likeness (QED) is 0.685. The molecule has 2 aromatic rings. The lowest BCUT2D eigenvalue weighted by Crippen LogP contribution is -2.57. The Morgan fingerprint density at radius 1 is 1.28 bits per heavy atom. The van der Waals surface area contributed by atoms with Crippen LogP contribution in [0.1, 0.15) is 22.9 Å². The highest BCUT2D eigenvalue weighted by molar-refractivity contribution is 7.87. The summed E-state index contributed by atoms with van der Waals surface area (Å²) < 4.78 is 39.1. The number of carbonyl (C=O) groups excluding carboxylic acids is 1. The van der Waals surface area contributed by atoms with Crippen LogP contribution in [0.2, 0.25) is 0 Å². The fourth-order valence-electron chi connectivity index (χ4n) is 3.27. The van der Waals surface area contributed by atoms with Gasteiger partial charge in [-0.25, -0.2) is 0 Å². The molecular formula is C19H25N3O5S2. The van der Waals surface area contributed by atoms with Gasteiger partial charge in [0.2, 0.25) is 5.91 Å². The SMILES string of the molecule is COc1ccc(CCNC(=O)[C@H]2C[C@@H](c3cccs3)NS(=O)(=O)N2C)cc1OC. The Morgan fingerprint density at radius 3 is 2.69 bits per heavy atom. The fraction of sp³-hybridized carbons (Fsp3) is 0.421. The van der Waals surface area contributed by atoms with Crippen LogP contribution in [0, 0.1) is 0 Å². The summed E-state index contributed by atoms with van der Waals surface area (Å²) in [6, 6.07) is 8.14. The van der Waals surface area contributed by atoms with Gasteiger partial charge in [0.05, 0.1) is 20.3 Å². The van der Waals surface area contributed by atoms with Gasteiger partial charge in [0.1, 0.15) is 6.04 Å². The van der Waals surface area contributed by atoms with Crippen molar-refractivity contribution in [3.8, 4) is 11.5 Å². The van der Waals surface area contributed by atoms with Gasteiger partial charge >= 0.3 is 0 Å². The Bertz CT molecular complexity index is 947. The molecule has 0 radical (unpaired) electrons. The number of hydrogen-bond acceptors (Lipinski definition) is 6. The van der Waals surface area contributed by atoms with Crippen molar-refractivity contribution < 1.29 is 22.7 Å². The maximum atomic E-state index is 12.7. The van der Waals surface area contributed by atoms with Crippen LogP contribution in [0.3, 0.4) is 0 Å². The van der Waals surface area contributed by atoms with Crippen molar-refractivity contribution >= 4 is 27.5 Å². The van der Waals surface area contributed by atoms with Gasteiger partial charge in [-0.15, -0.1) is 11.3 Å². The number of rotatable bonds is 7. The predicted molar refractivity (Wildman–Crippen MR) is 112 cm³/mol. The van der Waals surface area contributed by atoms with Crippen molar-refractivity contribution in [2.75, 3.05) is 27.8 Å². The Balaban J connectivity index is 1.63. The molecular weight excluding hydrogens is 414 g/mol. The van der Waals surface area contributed by atoms with Crippen LogP contribution in [0.15, 0.2) is 35.7 Å². The monoisotopic (exact) mass is 439 g/mol. The molecule has 0 unspecified atom stereocenters. The number of likely N-dealkylation sites (N-methyl/N-ethyl adjacent to an activating group) is 1. The highest BCUT2D eigenvalue weighted by atomic mass is 32.2. The van der Waals surface area contributed by atoms with Gasteiger partial charge in [-0.1, -0.05) is 12.1 Å². The van der Waals surface area contributed by atoms with Crippen molar-refractivity contribution in [3.63, 3.8) is 0 Å². The van der Waals surface area contributed by atoms with Crippen LogP contribution >= 0.6 is 11.3 Å². The van der Waals surface area contributed by atoms with Crippen LogP contribution in [0.25, 0.3) is 0 Å². The number of carbonyl (C=O) groups is 1. The van der Waals surface area contributed by atoms with Crippen LogP contribution < -0.4 is 19.5 Å². The molecule has 2 atom stereocenters. The average molecular weight is 440 g/mol. The summed E-state index contributed by atoms with van der Waals surface area (Å²) in [5, 5.41) is 4.75. The van der Waals surface area contributed by atoms with Crippen molar-refractivity contribution in [1.29, 1.82) is 0 Å². The molecule has 1 aromatic heterocycles. The Kier molecular flexibility index (Phi) is 6.78. The maximum absolute atomic E-state index is 12.7. The number of nitrogens with zero attached hydrogens (tertiary/aromatic N) is 1. The molecule has 29 heavy (non-hydrogen) atoms. The minimum atomic E-state index is -3.73. The Labute approximate surface area is 175 Å². The number of hydrogen-bond donors (Lipinski definition) is 2. The van der Waals surface area contributed by atoms with E-state index < -0.39 is 22.3 Å². The van der Waals surface area contributed by atoms with E-state index in [9.17, 15) is 13.2 Å². The number of ether oxygens (including phenoxy) is 2. The predicted octanol–water partition coefficient (Wildman–Crippen LogP) is 1.70. The largest absolute Gasteiger partial charge is 0.493 e. The molecule has 1 aliphatic heterocycles. The van der Waals surface area contributed by atoms with E-state index in [0.717, 1.165) is 14.7 Å². The highest BCUT2D eigenvalue weighted by Crippen LogP contribution is 2.30. The van der Waals surface area contributed by atoms with Gasteiger partial charge in [-0.2, -0.15) is 17.4 Å². The first-order valence-corrected chi connectivity index (χ1v) is 11.4. The Hall–Kier alpha value is -2.14. The highest BCUT2D eigenvalue weighted by Gasteiger charge is 2.40. The van der Waals surface area contributed by atoms with E-state index in [1.807, 2.05) is 35.7 Å². The second-order valence-electron chi connectivity index (χ2n) is 6.69. The maximum Gasteiger partial charge on any atom is 0.280 e. The van der Waals surface area contributed by atoms with E-state index in [0.29, 0.717) is 30.9 Å². The molecule has 0 saturated carbocycles. The van der Waals surface area contributed by atoms with E-state index in [1.54, 1.807) is 14.2 Å². The fourth-order valence-corrected chi connectivity index (χ4v) is 5.40. The molecule has 0 spiro atoms. The molecule has 1 fully saturated rings. The first-order chi connectivity index (χ1) is 13.9. The van der Waals surface area contributed by atoms with Crippen LogP contribution in [0.5, 0.6) is 11.5 Å². The van der Waals surface area contributed by atoms with Gasteiger partial charge in [-0.05, 0) is 42.0 Å². The number of amides is 1. The normalized spacial score (nSPS) is 21.5. The second kappa shape index (κ2) is 9.12. The smallest absolute Gasteiger partial charge is 0.280 e. The molecule has 1 saturated heterocycles. The minimum Gasteiger partial charge on any atom is -0.493 e. The van der Waals surface area contributed by atoms with Crippen molar-refractivity contribution in [2.45, 2.75) is 24.9 Å². The molecule has 1 amide bonds. The third kappa shape index (κ3) is 4.89. The molecule has 0 bridgehead atoms. The lowest BCUT2D eigenvalue weighted by Gasteiger charge is -2.35. The number of thiophene rings is 1. The first-order valence-electron chi connectivity index (χ1n) is 9.13. The molecule has 2 N–H and O–H groups in total. The van der Waals surface area contributed by atoms with E-state index >= 15 is 0 Å². The molecule has 158 valence electrons. The number of nitrogens with one attached hydrogen (secondary N) is 2. The zero-order valence-corrected chi connectivity index (χ0v) is 18.2. The molecule has 3 rings (SSSR count). The molecule has 8 nitrogen and oxygen atoms in total. The lowest BCUT2D eigenvalue weighted by molar-refractivity contribution is -0.125. The topological polar surface area (TPSA) is 97.0 Å². The van der Waals surface area contributed by atoms with Crippen LogP contribution in [0.4, 0.5) is 0 Å². The van der Waals surface area contributed by atoms with Crippen molar-refractivity contribution in [2.24, 2.45) is 0 Å². The summed E-state index contributed by atoms with van der Waals surface area (Å²) in [7, 11) is 0.841. The minimum absolute atomic E-state index is 0.306. The summed E-state index contributed by atoms with van der Waals surface area (Å²) in [6.07, 6.45) is 0.959. The zero-order chi connectivity index (χ0) is 21.0. The van der Waals surface area contributed by atoms with E-state index in [-0.39, 0.29) is 5.91 Å². The van der Waals surface area contributed by atoms with E-state index in [1.165, 1.54) is 18.4 Å². The number of methoxy groups -OCH3 is 2. The summed E-state index contributed by atoms with van der Waals surface area (Å²) in [4.78, 5) is 13.6. The summed E-state index contributed by atoms with van der Waals surface area (Å²) >= 11 is 1.47. The van der Waals surface area contributed by atoms with Gasteiger partial charge in [0, 0.05) is 18.5 Å². The third-order valence-corrected chi connectivity index (χ3v) is 7.50. The van der Waals surface area contributed by atoms with E-state index in [2.05, 4.69) is 10.0 Å². The van der Waals surface area contributed by atoms with E-state index in [4.69, 9.17) is 9.47 Å². The molecule has 1 aromatic carbocycles. The average Bonchev–Trinajstić information content (AvgIpc) is 3.24. The molecule has 10 heteroatoms. The van der Waals surface area contributed by atoms with Gasteiger partial charge in [0.15, 0.2) is 11.5 Å². The number of benzene rings is 1. The van der Waals surface area contributed by atoms with Crippen molar-refractivity contribution in [3.05, 3.63) is 46.2 Å². The van der Waals surface area contributed by atoms with Crippen molar-refractivity contribution in [1.82, 2.24) is 14.3 Å². The summed E-state index contributed by atoms with van der Waals surface area (Å²) in [6.45, 7) is 0.385. The molecule has 0 aliphatic carbocycles. The van der Waals surface area contributed by atoms with Gasteiger partial charge in [-0.3, -0.25) is 4.79 Å².